The summed E-state index contributed by atoms with van der Waals surface area (Å²) in [5.41, 5.74) is 9.09. The van der Waals surface area contributed by atoms with E-state index in [-0.39, 0.29) is 18.6 Å². The van der Waals surface area contributed by atoms with E-state index in [0.717, 1.165) is 29.5 Å². The summed E-state index contributed by atoms with van der Waals surface area (Å²) >= 11 is 0. The highest BCUT2D eigenvalue weighted by Crippen LogP contribution is 2.31. The highest BCUT2D eigenvalue weighted by atomic mass is 16.6. The van der Waals surface area contributed by atoms with Crippen molar-refractivity contribution in [3.05, 3.63) is 48.0 Å². The Bertz CT molecular complexity index is 1110. The van der Waals surface area contributed by atoms with Crippen LogP contribution in [-0.2, 0) is 9.53 Å². The predicted octanol–water partition coefficient (Wildman–Crippen LogP) is 4.02. The standard InChI is InChI=1S/C27H34N4O4/c1-27(2,3)35-26(33)31-17-20-15-24(31)25(32)30-13-5-4-12-29-16-22-21(10-7-11-23(22)28)18-8-6-9-19(14-18)34-20/h6-11,14,16,20,24H,4-5,12-13,15,17,28H2,1-3H3,(H,30,32). The Morgan fingerprint density at radius 1 is 1.20 bits per heavy atom. The molecular formula is C27H34N4O4. The third-order valence-corrected chi connectivity index (χ3v) is 6.01. The van der Waals surface area contributed by atoms with Crippen LogP contribution in [0, 0.1) is 0 Å². The molecule has 8 nitrogen and oxygen atoms in total. The molecule has 8 heteroatoms. The van der Waals surface area contributed by atoms with Crippen molar-refractivity contribution in [1.29, 1.82) is 0 Å². The minimum Gasteiger partial charge on any atom is -0.488 e. The van der Waals surface area contributed by atoms with Crippen LogP contribution < -0.4 is 15.8 Å². The average Bonchev–Trinajstić information content (AvgIpc) is 3.22. The molecule has 2 aromatic carbocycles. The van der Waals surface area contributed by atoms with Gasteiger partial charge in [0, 0.05) is 37.0 Å². The van der Waals surface area contributed by atoms with Crippen molar-refractivity contribution in [3.8, 4) is 16.9 Å². The molecule has 2 amide bonds. The van der Waals surface area contributed by atoms with Crippen LogP contribution in [0.2, 0.25) is 0 Å². The molecule has 2 unspecified atom stereocenters. The average molecular weight is 479 g/mol. The molecule has 0 aliphatic carbocycles. The quantitative estimate of drug-likeness (QED) is 0.556. The molecule has 0 aromatic heterocycles. The van der Waals surface area contributed by atoms with Crippen LogP contribution >= 0.6 is 0 Å². The summed E-state index contributed by atoms with van der Waals surface area (Å²) in [4.78, 5) is 32.0. The molecule has 0 spiro atoms. The van der Waals surface area contributed by atoms with Crippen molar-refractivity contribution in [2.24, 2.45) is 4.99 Å². The summed E-state index contributed by atoms with van der Waals surface area (Å²) in [6.07, 6.45) is 2.97. The van der Waals surface area contributed by atoms with Crippen LogP contribution in [0.15, 0.2) is 47.5 Å². The number of nitrogen functional groups attached to an aromatic ring is 1. The zero-order chi connectivity index (χ0) is 25.0. The smallest absolute Gasteiger partial charge is 0.411 e. The third-order valence-electron chi connectivity index (χ3n) is 6.01. The molecule has 35 heavy (non-hydrogen) atoms. The number of aliphatic imine (C=N–C) groups is 1. The zero-order valence-corrected chi connectivity index (χ0v) is 20.6. The van der Waals surface area contributed by atoms with Crippen LogP contribution in [0.3, 0.4) is 0 Å². The fourth-order valence-corrected chi connectivity index (χ4v) is 4.38. The molecule has 1 saturated heterocycles. The maximum absolute atomic E-state index is 13.0. The number of hydrogen-bond acceptors (Lipinski definition) is 6. The van der Waals surface area contributed by atoms with Crippen molar-refractivity contribution in [2.75, 3.05) is 25.4 Å². The Morgan fingerprint density at radius 3 is 2.80 bits per heavy atom. The van der Waals surface area contributed by atoms with Gasteiger partial charge in [-0.3, -0.25) is 14.7 Å². The van der Waals surface area contributed by atoms with Gasteiger partial charge in [-0.25, -0.2) is 4.79 Å². The fourth-order valence-electron chi connectivity index (χ4n) is 4.38. The van der Waals surface area contributed by atoms with E-state index in [1.54, 1.807) is 0 Å². The lowest BCUT2D eigenvalue weighted by atomic mass is 9.98. The van der Waals surface area contributed by atoms with E-state index >= 15 is 0 Å². The second-order valence-electron chi connectivity index (χ2n) is 9.99. The molecule has 2 aromatic rings. The van der Waals surface area contributed by atoms with Crippen LogP contribution in [0.5, 0.6) is 5.75 Å². The van der Waals surface area contributed by atoms with Crippen molar-refractivity contribution in [3.63, 3.8) is 0 Å². The summed E-state index contributed by atoms with van der Waals surface area (Å²) in [7, 11) is 0. The number of benzene rings is 2. The van der Waals surface area contributed by atoms with Crippen molar-refractivity contribution in [2.45, 2.75) is 57.8 Å². The number of ether oxygens (including phenoxy) is 2. The van der Waals surface area contributed by atoms with Gasteiger partial charge in [0.05, 0.1) is 6.54 Å². The lowest BCUT2D eigenvalue weighted by Gasteiger charge is -2.27. The van der Waals surface area contributed by atoms with E-state index in [1.165, 1.54) is 4.90 Å². The van der Waals surface area contributed by atoms with Gasteiger partial charge in [-0.05, 0) is 62.9 Å². The number of carbonyl (C=O) groups is 2. The maximum atomic E-state index is 13.0. The maximum Gasteiger partial charge on any atom is 0.411 e. The molecule has 0 radical (unpaired) electrons. The minimum atomic E-state index is -0.658. The number of likely N-dealkylation sites (tertiary alicyclic amines) is 1. The first-order valence-corrected chi connectivity index (χ1v) is 12.1. The predicted molar refractivity (Wildman–Crippen MR) is 137 cm³/mol. The molecule has 3 N–H and O–H groups in total. The molecular weight excluding hydrogens is 444 g/mol. The number of carbonyl (C=O) groups excluding carboxylic acids is 2. The van der Waals surface area contributed by atoms with Gasteiger partial charge < -0.3 is 20.5 Å². The number of nitrogens with one attached hydrogen (secondary N) is 1. The first-order valence-electron chi connectivity index (χ1n) is 12.1. The lowest BCUT2D eigenvalue weighted by Crippen LogP contribution is -2.47. The first kappa shape index (κ1) is 24.6. The second kappa shape index (κ2) is 10.4. The fraction of sp³-hybridized carbons (Fsp3) is 0.444. The molecule has 2 aliphatic heterocycles. The molecule has 2 atom stereocenters. The van der Waals surface area contributed by atoms with Gasteiger partial charge in [0.15, 0.2) is 0 Å². The molecule has 2 aliphatic rings. The summed E-state index contributed by atoms with van der Waals surface area (Å²) in [6.45, 7) is 6.85. The van der Waals surface area contributed by atoms with E-state index < -0.39 is 17.7 Å². The Kier molecular flexibility index (Phi) is 7.28. The molecule has 0 saturated carbocycles. The number of anilines is 1. The van der Waals surface area contributed by atoms with E-state index in [0.29, 0.717) is 30.9 Å². The number of rotatable bonds is 0. The third kappa shape index (κ3) is 6.12. The van der Waals surface area contributed by atoms with E-state index in [1.807, 2.05) is 69.5 Å². The Morgan fingerprint density at radius 2 is 2.00 bits per heavy atom. The van der Waals surface area contributed by atoms with Gasteiger partial charge in [0.2, 0.25) is 5.91 Å². The number of hydrogen-bond donors (Lipinski definition) is 2. The van der Waals surface area contributed by atoms with Crippen LogP contribution in [-0.4, -0.2) is 60.5 Å². The first-order chi connectivity index (χ1) is 16.7. The van der Waals surface area contributed by atoms with Gasteiger partial charge in [0.25, 0.3) is 0 Å². The minimum absolute atomic E-state index is 0.191. The number of fused-ring (bicyclic) bond motifs is 6. The van der Waals surface area contributed by atoms with Gasteiger partial charge in [-0.2, -0.15) is 0 Å². The zero-order valence-electron chi connectivity index (χ0n) is 20.6. The van der Waals surface area contributed by atoms with E-state index in [4.69, 9.17) is 15.2 Å². The number of nitrogens with zero attached hydrogens (tertiary/aromatic N) is 2. The molecule has 4 rings (SSSR count). The van der Waals surface area contributed by atoms with Gasteiger partial charge in [-0.15, -0.1) is 0 Å². The largest absolute Gasteiger partial charge is 0.488 e. The van der Waals surface area contributed by atoms with Gasteiger partial charge in [0.1, 0.15) is 23.5 Å². The summed E-state index contributed by atoms with van der Waals surface area (Å²) in [6, 6.07) is 12.9. The Balaban J connectivity index is 1.65. The van der Waals surface area contributed by atoms with Crippen molar-refractivity contribution >= 4 is 23.9 Å². The monoisotopic (exact) mass is 478 g/mol. The normalized spacial score (nSPS) is 20.9. The van der Waals surface area contributed by atoms with E-state index in [2.05, 4.69) is 10.3 Å². The van der Waals surface area contributed by atoms with Crippen molar-refractivity contribution < 1.29 is 19.1 Å². The Labute approximate surface area is 206 Å². The highest BCUT2D eigenvalue weighted by Gasteiger charge is 2.42. The van der Waals surface area contributed by atoms with Crippen LogP contribution in [0.4, 0.5) is 10.5 Å². The Hall–Kier alpha value is -3.55. The summed E-state index contributed by atoms with van der Waals surface area (Å²) in [5.74, 6) is 0.469. The van der Waals surface area contributed by atoms with Crippen LogP contribution in [0.1, 0.15) is 45.6 Å². The number of nitrogens with two attached hydrogens (primary N) is 1. The summed E-state index contributed by atoms with van der Waals surface area (Å²) in [5, 5.41) is 2.97. The van der Waals surface area contributed by atoms with Crippen LogP contribution in [0.25, 0.3) is 11.1 Å². The lowest BCUT2D eigenvalue weighted by molar-refractivity contribution is -0.125. The van der Waals surface area contributed by atoms with Crippen molar-refractivity contribution in [1.82, 2.24) is 10.2 Å². The summed E-state index contributed by atoms with van der Waals surface area (Å²) < 4.78 is 11.9. The molecule has 186 valence electrons. The topological polar surface area (TPSA) is 106 Å². The molecule has 4 bridgehead atoms. The van der Waals surface area contributed by atoms with E-state index in [9.17, 15) is 9.59 Å². The van der Waals surface area contributed by atoms with Gasteiger partial charge in [-0.1, -0.05) is 24.3 Å². The second-order valence-corrected chi connectivity index (χ2v) is 9.99. The molecule has 2 heterocycles. The SMILES string of the molecule is CC(C)(C)OC(=O)N1CC2CC1C(=O)NCCCCN=Cc1c(N)cccc1-c1cccc(c1)O2. The molecule has 1 fully saturated rings. The van der Waals surface area contributed by atoms with Gasteiger partial charge >= 0.3 is 6.09 Å². The number of amides is 2. The highest BCUT2D eigenvalue weighted by molar-refractivity contribution is 5.96.